The van der Waals surface area contributed by atoms with Crippen molar-refractivity contribution in [1.29, 1.82) is 0 Å². The molecule has 0 radical (unpaired) electrons. The van der Waals surface area contributed by atoms with Crippen LogP contribution in [0.15, 0.2) is 34.1 Å². The highest BCUT2D eigenvalue weighted by atomic mass is 32.1. The Morgan fingerprint density at radius 2 is 2.27 bits per heavy atom. The van der Waals surface area contributed by atoms with Gasteiger partial charge >= 0.3 is 0 Å². The molecule has 1 aliphatic rings. The van der Waals surface area contributed by atoms with E-state index in [0.29, 0.717) is 6.54 Å². The lowest BCUT2D eigenvalue weighted by Crippen LogP contribution is -2.33. The molecule has 3 rings (SSSR count). The number of nitrogens with one attached hydrogen (secondary N) is 1. The third-order valence-electron chi connectivity index (χ3n) is 3.99. The molecule has 0 unspecified atom stereocenters. The largest absolute Gasteiger partial charge is 0.465 e. The molecule has 2 aromatic rings. The molecule has 2 aromatic heterocycles. The molecule has 5 nitrogen and oxygen atoms in total. The molecule has 22 heavy (non-hydrogen) atoms. The second kappa shape index (κ2) is 5.96. The Morgan fingerprint density at radius 1 is 1.45 bits per heavy atom. The van der Waals surface area contributed by atoms with Crippen molar-refractivity contribution in [3.63, 3.8) is 0 Å². The lowest BCUT2D eigenvalue weighted by Gasteiger charge is -2.23. The first-order chi connectivity index (χ1) is 10.6. The average Bonchev–Trinajstić information content (AvgIpc) is 3.19. The number of amides is 2. The first kappa shape index (κ1) is 14.8. The van der Waals surface area contributed by atoms with Gasteiger partial charge in [0.1, 0.15) is 11.5 Å². The second-order valence-electron chi connectivity index (χ2n) is 5.51. The fourth-order valence-electron chi connectivity index (χ4n) is 2.84. The highest BCUT2D eigenvalue weighted by Gasteiger charge is 2.43. The van der Waals surface area contributed by atoms with Crippen LogP contribution in [0, 0.1) is 12.8 Å². The molecule has 2 amide bonds. The third kappa shape index (κ3) is 2.78. The Bertz CT molecular complexity index is 677. The van der Waals surface area contributed by atoms with Crippen molar-refractivity contribution < 1.29 is 14.0 Å². The minimum absolute atomic E-state index is 0.00685. The molecule has 0 bridgehead atoms. The number of carbonyl (C=O) groups is 2. The zero-order valence-electron chi connectivity index (χ0n) is 12.5. The fourth-order valence-corrected chi connectivity index (χ4v) is 3.77. The summed E-state index contributed by atoms with van der Waals surface area (Å²) in [6.07, 6.45) is 0.252. The predicted octanol–water partition coefficient (Wildman–Crippen LogP) is 2.49. The molecule has 6 heteroatoms. The van der Waals surface area contributed by atoms with E-state index >= 15 is 0 Å². The molecule has 1 N–H and O–H groups in total. The molecule has 0 aliphatic carbocycles. The molecule has 3 heterocycles. The van der Waals surface area contributed by atoms with Gasteiger partial charge in [-0.25, -0.2) is 0 Å². The Morgan fingerprint density at radius 3 is 2.91 bits per heavy atom. The van der Waals surface area contributed by atoms with Gasteiger partial charge in [0.15, 0.2) is 0 Å². The molecular weight excluding hydrogens is 300 g/mol. The highest BCUT2D eigenvalue weighted by Crippen LogP contribution is 2.39. The van der Waals surface area contributed by atoms with Crippen LogP contribution in [0.5, 0.6) is 0 Å². The molecule has 1 aliphatic heterocycles. The molecule has 1 fully saturated rings. The number of likely N-dealkylation sites (tertiary alicyclic amines) is 1. The number of aryl methyl sites for hydroxylation is 1. The van der Waals surface area contributed by atoms with E-state index in [9.17, 15) is 9.59 Å². The van der Waals surface area contributed by atoms with Gasteiger partial charge in [0.2, 0.25) is 11.8 Å². The van der Waals surface area contributed by atoms with Crippen LogP contribution in [0.3, 0.4) is 0 Å². The van der Waals surface area contributed by atoms with Crippen LogP contribution >= 0.6 is 11.3 Å². The van der Waals surface area contributed by atoms with E-state index in [4.69, 9.17) is 4.42 Å². The van der Waals surface area contributed by atoms with Crippen molar-refractivity contribution in [3.05, 3.63) is 46.0 Å². The summed E-state index contributed by atoms with van der Waals surface area (Å²) in [5, 5.41) is 4.85. The summed E-state index contributed by atoms with van der Waals surface area (Å²) >= 11 is 1.57. The molecule has 116 valence electrons. The molecule has 0 saturated carbocycles. The van der Waals surface area contributed by atoms with E-state index in [1.807, 2.05) is 36.6 Å². The summed E-state index contributed by atoms with van der Waals surface area (Å²) in [4.78, 5) is 27.2. The summed E-state index contributed by atoms with van der Waals surface area (Å²) in [5.41, 5.74) is 0. The first-order valence-electron chi connectivity index (χ1n) is 7.18. The van der Waals surface area contributed by atoms with Gasteiger partial charge in [0.25, 0.3) is 0 Å². The molecule has 1 saturated heterocycles. The van der Waals surface area contributed by atoms with Crippen molar-refractivity contribution in [3.8, 4) is 0 Å². The molecular formula is C16H18N2O3S. The number of hydrogen-bond acceptors (Lipinski definition) is 4. The summed E-state index contributed by atoms with van der Waals surface area (Å²) in [6.45, 7) is 2.21. The van der Waals surface area contributed by atoms with Gasteiger partial charge in [-0.3, -0.25) is 9.59 Å². The maximum Gasteiger partial charge on any atom is 0.226 e. The first-order valence-corrected chi connectivity index (χ1v) is 8.06. The van der Waals surface area contributed by atoms with Crippen LogP contribution in [-0.4, -0.2) is 23.8 Å². The smallest absolute Gasteiger partial charge is 0.226 e. The van der Waals surface area contributed by atoms with Crippen LogP contribution < -0.4 is 5.32 Å². The normalized spacial score (nSPS) is 21.4. The quantitative estimate of drug-likeness (QED) is 0.942. The SMILES string of the molecule is Cc1ccc(CNC(=O)[C@H]2CC(=O)N(C)[C@H]2c2cccs2)o1. The topological polar surface area (TPSA) is 62.6 Å². The minimum Gasteiger partial charge on any atom is -0.465 e. The highest BCUT2D eigenvalue weighted by molar-refractivity contribution is 7.10. The van der Waals surface area contributed by atoms with Crippen LogP contribution in [0.1, 0.15) is 28.9 Å². The number of nitrogens with zero attached hydrogens (tertiary/aromatic N) is 1. The van der Waals surface area contributed by atoms with Crippen LogP contribution in [0.25, 0.3) is 0 Å². The average molecular weight is 318 g/mol. The van der Waals surface area contributed by atoms with Crippen LogP contribution in [-0.2, 0) is 16.1 Å². The van der Waals surface area contributed by atoms with Crippen LogP contribution in [0.2, 0.25) is 0 Å². The van der Waals surface area contributed by atoms with Gasteiger partial charge in [-0.1, -0.05) is 6.07 Å². The van der Waals surface area contributed by atoms with Gasteiger partial charge < -0.3 is 14.6 Å². The van der Waals surface area contributed by atoms with E-state index in [2.05, 4.69) is 5.32 Å². The third-order valence-corrected chi connectivity index (χ3v) is 4.93. The number of carbonyl (C=O) groups excluding carboxylic acids is 2. The maximum absolute atomic E-state index is 12.5. The number of thiophene rings is 1. The van der Waals surface area contributed by atoms with Gasteiger partial charge in [-0.2, -0.15) is 0 Å². The van der Waals surface area contributed by atoms with Crippen molar-refractivity contribution in [2.45, 2.75) is 25.9 Å². The van der Waals surface area contributed by atoms with Gasteiger partial charge in [0, 0.05) is 18.3 Å². The summed E-state index contributed by atoms with van der Waals surface area (Å²) in [6, 6.07) is 7.45. The Kier molecular flexibility index (Phi) is 4.02. The summed E-state index contributed by atoms with van der Waals surface area (Å²) in [7, 11) is 1.76. The van der Waals surface area contributed by atoms with Gasteiger partial charge in [0.05, 0.1) is 18.5 Å². The van der Waals surface area contributed by atoms with E-state index in [1.54, 1.807) is 23.3 Å². The van der Waals surface area contributed by atoms with Crippen LogP contribution in [0.4, 0.5) is 0 Å². The Hall–Kier alpha value is -2.08. The zero-order valence-corrected chi connectivity index (χ0v) is 13.4. The predicted molar refractivity (Wildman–Crippen MR) is 83.2 cm³/mol. The molecule has 0 spiro atoms. The van der Waals surface area contributed by atoms with Crippen molar-refractivity contribution >= 4 is 23.2 Å². The lowest BCUT2D eigenvalue weighted by atomic mass is 9.98. The molecule has 0 aromatic carbocycles. The van der Waals surface area contributed by atoms with Crippen molar-refractivity contribution in [2.75, 3.05) is 7.05 Å². The lowest BCUT2D eigenvalue weighted by molar-refractivity contribution is -0.128. The van der Waals surface area contributed by atoms with E-state index in [0.717, 1.165) is 16.4 Å². The summed E-state index contributed by atoms with van der Waals surface area (Å²) < 4.78 is 5.45. The Balaban J connectivity index is 1.71. The van der Waals surface area contributed by atoms with Crippen molar-refractivity contribution in [1.82, 2.24) is 10.2 Å². The monoisotopic (exact) mass is 318 g/mol. The van der Waals surface area contributed by atoms with E-state index in [-0.39, 0.29) is 30.2 Å². The van der Waals surface area contributed by atoms with E-state index in [1.165, 1.54) is 0 Å². The standard InChI is InChI=1S/C16H18N2O3S/c1-10-5-6-11(21-10)9-17-16(20)12-8-14(19)18(2)15(12)13-4-3-7-22-13/h3-7,12,15H,8-9H2,1-2H3,(H,17,20)/t12-,15+/m0/s1. The second-order valence-corrected chi connectivity index (χ2v) is 6.48. The minimum atomic E-state index is -0.354. The zero-order chi connectivity index (χ0) is 15.7. The number of furan rings is 1. The van der Waals surface area contributed by atoms with Crippen molar-refractivity contribution in [2.24, 2.45) is 5.92 Å². The summed E-state index contributed by atoms with van der Waals surface area (Å²) in [5.74, 6) is 1.08. The Labute approximate surface area is 132 Å². The van der Waals surface area contributed by atoms with Gasteiger partial charge in [-0.05, 0) is 30.5 Å². The fraction of sp³-hybridized carbons (Fsp3) is 0.375. The molecule has 2 atom stereocenters. The number of hydrogen-bond donors (Lipinski definition) is 1. The number of rotatable bonds is 4. The maximum atomic E-state index is 12.5. The van der Waals surface area contributed by atoms with Gasteiger partial charge in [-0.15, -0.1) is 11.3 Å². The van der Waals surface area contributed by atoms with E-state index < -0.39 is 0 Å².